The molecule has 1 fully saturated rings. The van der Waals surface area contributed by atoms with Gasteiger partial charge in [0, 0.05) is 12.6 Å². The van der Waals surface area contributed by atoms with Crippen LogP contribution in [0.15, 0.2) is 16.9 Å². The maximum atomic E-state index is 12.5. The van der Waals surface area contributed by atoms with Crippen LogP contribution in [0.5, 0.6) is 0 Å². The molecule has 1 aliphatic rings. The minimum absolute atomic E-state index is 0.197. The summed E-state index contributed by atoms with van der Waals surface area (Å²) in [4.78, 5) is 13.5. The van der Waals surface area contributed by atoms with Crippen LogP contribution in [-0.2, 0) is 12.7 Å². The molecule has 1 aliphatic heterocycles. The van der Waals surface area contributed by atoms with Crippen molar-refractivity contribution in [3.05, 3.63) is 28.2 Å². The first-order chi connectivity index (χ1) is 8.47. The number of aromatic nitrogens is 2. The zero-order valence-corrected chi connectivity index (χ0v) is 9.78. The molecule has 0 aliphatic carbocycles. The van der Waals surface area contributed by atoms with Gasteiger partial charge in [0.05, 0.1) is 6.54 Å². The van der Waals surface area contributed by atoms with Crippen LogP contribution in [0.1, 0.15) is 18.5 Å². The van der Waals surface area contributed by atoms with Crippen molar-refractivity contribution in [3.63, 3.8) is 0 Å². The fourth-order valence-electron chi connectivity index (χ4n) is 2.00. The highest BCUT2D eigenvalue weighted by Gasteiger charge is 2.33. The van der Waals surface area contributed by atoms with Gasteiger partial charge in [-0.05, 0) is 32.0 Å². The van der Waals surface area contributed by atoms with Crippen LogP contribution >= 0.6 is 0 Å². The molecule has 18 heavy (non-hydrogen) atoms. The van der Waals surface area contributed by atoms with Crippen molar-refractivity contribution < 1.29 is 13.2 Å². The van der Waals surface area contributed by atoms with Crippen molar-refractivity contribution in [3.8, 4) is 0 Å². The topological polar surface area (TPSA) is 38.1 Å². The first-order valence-corrected chi connectivity index (χ1v) is 5.84. The molecule has 0 bridgehead atoms. The third kappa shape index (κ3) is 3.10. The summed E-state index contributed by atoms with van der Waals surface area (Å²) < 4.78 is 38.2. The predicted molar refractivity (Wildman–Crippen MR) is 59.2 cm³/mol. The second kappa shape index (κ2) is 5.09. The van der Waals surface area contributed by atoms with E-state index < -0.39 is 17.4 Å². The molecule has 0 radical (unpaired) electrons. The van der Waals surface area contributed by atoms with Gasteiger partial charge >= 0.3 is 6.18 Å². The van der Waals surface area contributed by atoms with Crippen LogP contribution in [-0.4, -0.2) is 34.3 Å². The van der Waals surface area contributed by atoms with Crippen LogP contribution in [0.4, 0.5) is 13.2 Å². The Labute approximate surface area is 102 Å². The smallest absolute Gasteiger partial charge is 0.301 e. The van der Waals surface area contributed by atoms with Crippen molar-refractivity contribution in [1.29, 1.82) is 0 Å². The maximum Gasteiger partial charge on any atom is 0.435 e. The van der Waals surface area contributed by atoms with E-state index in [2.05, 4.69) is 10.00 Å². The zero-order valence-electron chi connectivity index (χ0n) is 9.78. The van der Waals surface area contributed by atoms with Crippen LogP contribution in [0.25, 0.3) is 0 Å². The van der Waals surface area contributed by atoms with E-state index in [1.807, 2.05) is 0 Å². The van der Waals surface area contributed by atoms with Crippen LogP contribution in [0.3, 0.4) is 0 Å². The van der Waals surface area contributed by atoms with Gasteiger partial charge in [-0.1, -0.05) is 0 Å². The van der Waals surface area contributed by atoms with E-state index in [1.165, 1.54) is 0 Å². The largest absolute Gasteiger partial charge is 0.435 e. The number of alkyl halides is 3. The Morgan fingerprint density at radius 2 is 1.83 bits per heavy atom. The Balaban J connectivity index is 2.09. The Kier molecular flexibility index (Phi) is 3.70. The van der Waals surface area contributed by atoms with Gasteiger partial charge in [-0.2, -0.15) is 18.3 Å². The first-order valence-electron chi connectivity index (χ1n) is 5.84. The molecule has 2 rings (SSSR count). The summed E-state index contributed by atoms with van der Waals surface area (Å²) in [6, 6.07) is 1.63. The maximum absolute atomic E-state index is 12.5. The van der Waals surface area contributed by atoms with Crippen molar-refractivity contribution >= 4 is 0 Å². The average Bonchev–Trinajstić information content (AvgIpc) is 2.79. The van der Waals surface area contributed by atoms with Gasteiger partial charge in [0.25, 0.3) is 5.56 Å². The summed E-state index contributed by atoms with van der Waals surface area (Å²) in [5.74, 6) is 0. The fourth-order valence-corrected chi connectivity index (χ4v) is 2.00. The second-order valence-corrected chi connectivity index (χ2v) is 4.33. The summed E-state index contributed by atoms with van der Waals surface area (Å²) in [5.41, 5.74) is -1.52. The molecule has 2 heterocycles. The van der Waals surface area contributed by atoms with Crippen LogP contribution in [0, 0.1) is 0 Å². The van der Waals surface area contributed by atoms with Gasteiger partial charge in [0.2, 0.25) is 0 Å². The average molecular weight is 261 g/mol. The summed E-state index contributed by atoms with van der Waals surface area (Å²) in [6.07, 6.45) is -2.31. The third-order valence-electron chi connectivity index (χ3n) is 2.98. The summed E-state index contributed by atoms with van der Waals surface area (Å²) in [6.45, 7) is 2.64. The number of rotatable bonds is 3. The van der Waals surface area contributed by atoms with E-state index in [0.717, 1.165) is 36.7 Å². The van der Waals surface area contributed by atoms with Gasteiger partial charge in [-0.15, -0.1) is 0 Å². The minimum atomic E-state index is -4.51. The van der Waals surface area contributed by atoms with Crippen LogP contribution < -0.4 is 5.56 Å². The van der Waals surface area contributed by atoms with E-state index in [9.17, 15) is 18.0 Å². The van der Waals surface area contributed by atoms with Gasteiger partial charge in [0.1, 0.15) is 0 Å². The standard InChI is InChI=1S/C11H14F3N3O/c12-11(13,14)9-3-4-10(18)17(15-9)8-7-16-5-1-2-6-16/h3-4H,1-2,5-8H2. The lowest BCUT2D eigenvalue weighted by molar-refractivity contribution is -0.142. The summed E-state index contributed by atoms with van der Waals surface area (Å²) in [5, 5.41) is 3.36. The number of halogens is 3. The number of likely N-dealkylation sites (tertiary alicyclic amines) is 1. The monoisotopic (exact) mass is 261 g/mol. The minimum Gasteiger partial charge on any atom is -0.301 e. The Morgan fingerprint density at radius 3 is 2.44 bits per heavy atom. The molecule has 0 atom stereocenters. The molecular weight excluding hydrogens is 247 g/mol. The molecular formula is C11H14F3N3O. The Hall–Kier alpha value is -1.37. The van der Waals surface area contributed by atoms with Gasteiger partial charge in [-0.25, -0.2) is 4.68 Å². The normalized spacial score (nSPS) is 17.3. The molecule has 0 saturated carbocycles. The fraction of sp³-hybridized carbons (Fsp3) is 0.636. The molecule has 7 heteroatoms. The van der Waals surface area contributed by atoms with Crippen molar-refractivity contribution in [2.75, 3.05) is 19.6 Å². The van der Waals surface area contributed by atoms with E-state index in [0.29, 0.717) is 12.6 Å². The molecule has 1 aromatic heterocycles. The van der Waals surface area contributed by atoms with Crippen molar-refractivity contribution in [2.24, 2.45) is 0 Å². The molecule has 0 amide bonds. The molecule has 100 valence electrons. The highest BCUT2D eigenvalue weighted by molar-refractivity contribution is 5.04. The van der Waals surface area contributed by atoms with E-state index in [4.69, 9.17) is 0 Å². The summed E-state index contributed by atoms with van der Waals surface area (Å²) >= 11 is 0. The van der Waals surface area contributed by atoms with E-state index in [1.54, 1.807) is 0 Å². The number of nitrogens with zero attached hydrogens (tertiary/aromatic N) is 3. The molecule has 1 aromatic rings. The lowest BCUT2D eigenvalue weighted by Gasteiger charge is -2.15. The summed E-state index contributed by atoms with van der Waals surface area (Å²) in [7, 11) is 0. The van der Waals surface area contributed by atoms with Gasteiger partial charge < -0.3 is 4.90 Å². The molecule has 4 nitrogen and oxygen atoms in total. The molecule has 0 unspecified atom stereocenters. The Bertz CT molecular complexity index is 463. The Morgan fingerprint density at radius 1 is 1.17 bits per heavy atom. The lowest BCUT2D eigenvalue weighted by atomic mass is 10.4. The van der Waals surface area contributed by atoms with E-state index in [-0.39, 0.29) is 6.54 Å². The molecule has 1 saturated heterocycles. The van der Waals surface area contributed by atoms with Gasteiger partial charge in [0.15, 0.2) is 5.69 Å². The second-order valence-electron chi connectivity index (χ2n) is 4.33. The number of hydrogen-bond donors (Lipinski definition) is 0. The highest BCUT2D eigenvalue weighted by atomic mass is 19.4. The van der Waals surface area contributed by atoms with Crippen molar-refractivity contribution in [2.45, 2.75) is 25.6 Å². The first kappa shape index (κ1) is 13.1. The SMILES string of the molecule is O=c1ccc(C(F)(F)F)nn1CCN1CCCC1. The molecule has 0 aromatic carbocycles. The third-order valence-corrected chi connectivity index (χ3v) is 2.98. The van der Waals surface area contributed by atoms with Crippen LogP contribution in [0.2, 0.25) is 0 Å². The van der Waals surface area contributed by atoms with Gasteiger partial charge in [-0.3, -0.25) is 4.79 Å². The number of hydrogen-bond acceptors (Lipinski definition) is 3. The zero-order chi connectivity index (χ0) is 13.2. The lowest BCUT2D eigenvalue weighted by Crippen LogP contribution is -2.31. The predicted octanol–water partition coefficient (Wildman–Crippen LogP) is 1.36. The van der Waals surface area contributed by atoms with E-state index >= 15 is 0 Å². The van der Waals surface area contributed by atoms with Crippen molar-refractivity contribution in [1.82, 2.24) is 14.7 Å². The quantitative estimate of drug-likeness (QED) is 0.824. The molecule has 0 N–H and O–H groups in total. The highest BCUT2D eigenvalue weighted by Crippen LogP contribution is 2.26. The molecule has 0 spiro atoms.